The first kappa shape index (κ1) is 31.5. The quantitative estimate of drug-likeness (QED) is 0.255. The Kier molecular flexibility index (Phi) is 7.77. The lowest BCUT2D eigenvalue weighted by Crippen LogP contribution is -2.53. The van der Waals surface area contributed by atoms with E-state index in [1.54, 1.807) is 0 Å². The minimum Gasteiger partial charge on any atom is -0.508 e. The first-order chi connectivity index (χ1) is 23.2. The number of allylic oxidation sites excluding steroid dienone is 2. The number of fused-ring (bicyclic) bond motifs is 4. The van der Waals surface area contributed by atoms with Crippen molar-refractivity contribution >= 4 is 29.3 Å². The van der Waals surface area contributed by atoms with Crippen molar-refractivity contribution in [3.05, 3.63) is 95.1 Å². The van der Waals surface area contributed by atoms with Crippen molar-refractivity contribution in [1.82, 2.24) is 9.91 Å². The first-order valence-electron chi connectivity index (χ1n) is 16.4. The predicted octanol–water partition coefficient (Wildman–Crippen LogP) is 5.11. The molecule has 0 aromatic heterocycles. The number of hydrogen-bond donors (Lipinski definition) is 2. The summed E-state index contributed by atoms with van der Waals surface area (Å²) < 4.78 is 11.8. The molecule has 48 heavy (non-hydrogen) atoms. The number of methoxy groups -OCH3 is 2. The maximum atomic E-state index is 15.3. The van der Waals surface area contributed by atoms with E-state index in [0.29, 0.717) is 36.2 Å². The second-order valence-corrected chi connectivity index (χ2v) is 13.2. The van der Waals surface area contributed by atoms with Crippen LogP contribution in [0.3, 0.4) is 0 Å². The van der Waals surface area contributed by atoms with Gasteiger partial charge < -0.3 is 14.6 Å². The van der Waals surface area contributed by atoms with Gasteiger partial charge in [0.1, 0.15) is 17.2 Å². The lowest BCUT2D eigenvalue weighted by atomic mass is 9.49. The Labute approximate surface area is 279 Å². The molecule has 2 aliphatic carbocycles. The number of hydrogen-bond acceptors (Lipinski definition) is 8. The Morgan fingerprint density at radius 1 is 0.896 bits per heavy atom. The molecule has 2 N–H and O–H groups in total. The third kappa shape index (κ3) is 4.45. The molecule has 2 aliphatic heterocycles. The van der Waals surface area contributed by atoms with Gasteiger partial charge in [0.2, 0.25) is 11.8 Å². The Balaban J connectivity index is 1.50. The van der Waals surface area contributed by atoms with Gasteiger partial charge in [0.25, 0.3) is 11.8 Å². The summed E-state index contributed by atoms with van der Waals surface area (Å²) in [5, 5.41) is 11.8. The summed E-state index contributed by atoms with van der Waals surface area (Å²) in [6, 6.07) is 19.6. The summed E-state index contributed by atoms with van der Waals surface area (Å²) in [4.78, 5) is 59.1. The van der Waals surface area contributed by atoms with Crippen LogP contribution < -0.4 is 14.9 Å². The topological polar surface area (TPSA) is 125 Å². The van der Waals surface area contributed by atoms with Crippen LogP contribution in [0.15, 0.2) is 78.4 Å². The molecule has 248 valence electrons. The number of anilines is 1. The first-order valence-corrected chi connectivity index (χ1v) is 16.4. The van der Waals surface area contributed by atoms with Crippen molar-refractivity contribution in [3.63, 3.8) is 0 Å². The van der Waals surface area contributed by atoms with Crippen molar-refractivity contribution in [2.75, 3.05) is 26.2 Å². The number of rotatable bonds is 8. The number of ether oxygens (including phenoxy) is 2. The van der Waals surface area contributed by atoms with Gasteiger partial charge in [0, 0.05) is 30.2 Å². The number of phenolic OH excluding ortho intramolecular Hbond substituents is 1. The van der Waals surface area contributed by atoms with E-state index in [1.165, 1.54) is 31.3 Å². The molecule has 4 aliphatic rings. The van der Waals surface area contributed by atoms with Crippen molar-refractivity contribution in [2.45, 2.75) is 44.4 Å². The Morgan fingerprint density at radius 2 is 1.56 bits per heavy atom. The van der Waals surface area contributed by atoms with Gasteiger partial charge in [-0.3, -0.25) is 29.5 Å². The number of aryl methyl sites for hydroxylation is 1. The highest BCUT2D eigenvalue weighted by Crippen LogP contribution is 2.66. The standard InChI is InChI=1S/C38H39N3O7/c1-5-17-40-34(43)26-16-15-25-27(31(26)36(40)45)20-28-35(44)41(39-23-13-11-21(2)12-14-23)37(46)38(28,22-9-7-6-8-10-22)33(25)32-29(47-3)18-24(42)19-30(32)48-4/h6-15,18-19,26-28,31,33,39,42H,5,16-17,20H2,1-4H3. The van der Waals surface area contributed by atoms with Crippen molar-refractivity contribution < 1.29 is 33.8 Å². The fourth-order valence-electron chi connectivity index (χ4n) is 8.78. The maximum absolute atomic E-state index is 15.3. The highest BCUT2D eigenvalue weighted by molar-refractivity contribution is 6.13. The summed E-state index contributed by atoms with van der Waals surface area (Å²) in [5.74, 6) is -4.30. The molecule has 3 fully saturated rings. The van der Waals surface area contributed by atoms with Gasteiger partial charge in [-0.2, -0.15) is 5.01 Å². The van der Waals surface area contributed by atoms with Crippen molar-refractivity contribution in [2.24, 2.45) is 23.7 Å². The number of nitrogens with one attached hydrogen (secondary N) is 1. The van der Waals surface area contributed by atoms with Crippen LogP contribution in [0, 0.1) is 30.6 Å². The monoisotopic (exact) mass is 649 g/mol. The molecule has 10 heteroatoms. The molecule has 3 aromatic carbocycles. The Morgan fingerprint density at radius 3 is 2.19 bits per heavy atom. The number of phenols is 1. The van der Waals surface area contributed by atoms with Crippen LogP contribution in [0.2, 0.25) is 0 Å². The molecule has 7 rings (SSSR count). The number of amides is 4. The summed E-state index contributed by atoms with van der Waals surface area (Å²) in [6.45, 7) is 4.22. The van der Waals surface area contributed by atoms with E-state index in [1.807, 2.05) is 74.5 Å². The fourth-order valence-corrected chi connectivity index (χ4v) is 8.78. The predicted molar refractivity (Wildman–Crippen MR) is 177 cm³/mol. The minimum atomic E-state index is -1.49. The van der Waals surface area contributed by atoms with Gasteiger partial charge in [-0.25, -0.2) is 0 Å². The molecule has 6 unspecified atom stereocenters. The summed E-state index contributed by atoms with van der Waals surface area (Å²) >= 11 is 0. The lowest BCUT2D eigenvalue weighted by molar-refractivity contribution is -0.141. The van der Waals surface area contributed by atoms with Crippen LogP contribution in [-0.4, -0.2) is 59.4 Å². The molecule has 6 atom stereocenters. The zero-order valence-corrected chi connectivity index (χ0v) is 27.4. The van der Waals surface area contributed by atoms with Gasteiger partial charge in [0.05, 0.1) is 43.1 Å². The number of likely N-dealkylation sites (tertiary alicyclic amines) is 1. The van der Waals surface area contributed by atoms with Crippen LogP contribution in [0.4, 0.5) is 5.69 Å². The largest absolute Gasteiger partial charge is 0.508 e. The second-order valence-electron chi connectivity index (χ2n) is 13.2. The summed E-state index contributed by atoms with van der Waals surface area (Å²) in [5.41, 5.74) is 5.13. The Hall–Kier alpha value is -5.12. The number of nitrogens with zero attached hydrogens (tertiary/aromatic N) is 2. The molecular formula is C38H39N3O7. The van der Waals surface area contributed by atoms with E-state index in [0.717, 1.165) is 16.1 Å². The smallest absolute Gasteiger partial charge is 0.260 e. The molecule has 3 aromatic rings. The number of carbonyl (C=O) groups excluding carboxylic acids is 4. The third-order valence-corrected chi connectivity index (χ3v) is 10.7. The fraction of sp³-hybridized carbons (Fsp3) is 0.368. The van der Waals surface area contributed by atoms with Crippen LogP contribution in [0.5, 0.6) is 17.2 Å². The summed E-state index contributed by atoms with van der Waals surface area (Å²) in [6.07, 6.45) is 3.15. The van der Waals surface area contributed by atoms with Gasteiger partial charge in [0.15, 0.2) is 0 Å². The minimum absolute atomic E-state index is 0.0916. The number of benzene rings is 3. The van der Waals surface area contributed by atoms with Gasteiger partial charge in [-0.05, 0) is 49.8 Å². The zero-order valence-electron chi connectivity index (χ0n) is 27.4. The maximum Gasteiger partial charge on any atom is 0.260 e. The Bertz CT molecular complexity index is 1810. The molecule has 1 saturated carbocycles. The number of imide groups is 2. The molecule has 2 saturated heterocycles. The second kappa shape index (κ2) is 11.8. The van der Waals surface area contributed by atoms with E-state index in [2.05, 4.69) is 5.43 Å². The van der Waals surface area contributed by atoms with E-state index in [9.17, 15) is 19.5 Å². The van der Waals surface area contributed by atoms with E-state index in [4.69, 9.17) is 9.47 Å². The molecule has 0 spiro atoms. The number of carbonyl (C=O) groups is 4. The molecule has 2 heterocycles. The van der Waals surface area contributed by atoms with Crippen LogP contribution in [0.25, 0.3) is 0 Å². The lowest BCUT2D eigenvalue weighted by Gasteiger charge is -2.51. The molecule has 4 amide bonds. The van der Waals surface area contributed by atoms with Crippen LogP contribution >= 0.6 is 0 Å². The highest BCUT2D eigenvalue weighted by Gasteiger charge is 2.71. The van der Waals surface area contributed by atoms with Gasteiger partial charge in [-0.15, -0.1) is 0 Å². The van der Waals surface area contributed by atoms with Crippen LogP contribution in [0.1, 0.15) is 48.8 Å². The average molecular weight is 650 g/mol. The number of aromatic hydroxyl groups is 1. The molecule has 0 bridgehead atoms. The average Bonchev–Trinajstić information content (AvgIpc) is 3.46. The highest BCUT2D eigenvalue weighted by atomic mass is 16.5. The SMILES string of the molecule is CCCN1C(=O)C2CC=C3C(CC4C(=O)N(Nc5ccc(C)cc5)C(=O)C4(c4ccccc4)C3c3c(OC)cc(O)cc3OC)C2C1=O. The van der Waals surface area contributed by atoms with E-state index in [-0.39, 0.29) is 35.5 Å². The van der Waals surface area contributed by atoms with Crippen molar-refractivity contribution in [3.8, 4) is 17.2 Å². The van der Waals surface area contributed by atoms with Gasteiger partial charge >= 0.3 is 0 Å². The normalized spacial score (nSPS) is 27.8. The number of hydrazine groups is 1. The summed E-state index contributed by atoms with van der Waals surface area (Å²) in [7, 11) is 2.95. The van der Waals surface area contributed by atoms with Crippen molar-refractivity contribution in [1.29, 1.82) is 0 Å². The molecule has 0 radical (unpaired) electrons. The van der Waals surface area contributed by atoms with E-state index < -0.39 is 46.8 Å². The zero-order chi connectivity index (χ0) is 33.9. The van der Waals surface area contributed by atoms with Gasteiger partial charge in [-0.1, -0.05) is 66.6 Å². The molecular weight excluding hydrogens is 610 g/mol. The van der Waals surface area contributed by atoms with Crippen LogP contribution in [-0.2, 0) is 24.6 Å². The third-order valence-electron chi connectivity index (χ3n) is 10.7. The van der Waals surface area contributed by atoms with E-state index >= 15 is 4.79 Å². The molecule has 10 nitrogen and oxygen atoms in total.